The van der Waals surface area contributed by atoms with Crippen molar-refractivity contribution in [2.24, 2.45) is 0 Å². The first-order valence-corrected chi connectivity index (χ1v) is 8.31. The molecule has 0 aliphatic heterocycles. The van der Waals surface area contributed by atoms with Crippen LogP contribution in [0.4, 0.5) is 10.5 Å². The van der Waals surface area contributed by atoms with Crippen LogP contribution in [0.25, 0.3) is 0 Å². The van der Waals surface area contributed by atoms with E-state index in [1.807, 2.05) is 12.1 Å². The van der Waals surface area contributed by atoms with Crippen LogP contribution < -0.4 is 10.1 Å². The van der Waals surface area contributed by atoms with E-state index < -0.39 is 12.1 Å². The Kier molecular flexibility index (Phi) is 5.78. The first-order valence-electron chi connectivity index (χ1n) is 8.31. The van der Waals surface area contributed by atoms with Crippen molar-refractivity contribution in [1.29, 1.82) is 0 Å². The summed E-state index contributed by atoms with van der Waals surface area (Å²) >= 11 is 0. The van der Waals surface area contributed by atoms with Gasteiger partial charge in [0.2, 0.25) is 0 Å². The predicted octanol–water partition coefficient (Wildman–Crippen LogP) is 3.11. The highest BCUT2D eigenvalue weighted by Gasteiger charge is 2.10. The monoisotopic (exact) mass is 366 g/mol. The highest BCUT2D eigenvalue weighted by Crippen LogP contribution is 2.19. The third-order valence-electron chi connectivity index (χ3n) is 3.57. The lowest BCUT2D eigenvalue weighted by atomic mass is 10.1. The second-order valence-electron chi connectivity index (χ2n) is 5.55. The van der Waals surface area contributed by atoms with Gasteiger partial charge in [-0.2, -0.15) is 5.10 Å². The van der Waals surface area contributed by atoms with Gasteiger partial charge in [0.1, 0.15) is 18.4 Å². The molecule has 0 atom stereocenters. The van der Waals surface area contributed by atoms with Crippen LogP contribution in [-0.4, -0.2) is 33.4 Å². The summed E-state index contributed by atoms with van der Waals surface area (Å²) in [5.74, 6) is -0.170. The number of hydrogen-bond acceptors (Lipinski definition) is 6. The van der Waals surface area contributed by atoms with Gasteiger partial charge in [-0.05, 0) is 36.8 Å². The summed E-state index contributed by atoms with van der Waals surface area (Å²) in [5.41, 5.74) is 1.88. The van der Waals surface area contributed by atoms with Gasteiger partial charge in [0.15, 0.2) is 0 Å². The molecule has 0 aliphatic rings. The number of ether oxygens (including phenoxy) is 2. The molecule has 8 heteroatoms. The second-order valence-corrected chi connectivity index (χ2v) is 5.55. The summed E-state index contributed by atoms with van der Waals surface area (Å²) in [6.07, 6.45) is 2.53. The average molecular weight is 366 g/mol. The SMILES string of the molecule is CCOC(=O)Nc1cccc(OC(=O)c2ccc(Cn3cncn3)cc2)c1. The molecule has 8 nitrogen and oxygen atoms in total. The molecular formula is C19H18N4O4. The van der Waals surface area contributed by atoms with Crippen molar-refractivity contribution in [2.75, 3.05) is 11.9 Å². The largest absolute Gasteiger partial charge is 0.450 e. The smallest absolute Gasteiger partial charge is 0.411 e. The summed E-state index contributed by atoms with van der Waals surface area (Å²) in [6, 6.07) is 13.6. The summed E-state index contributed by atoms with van der Waals surface area (Å²) in [7, 11) is 0. The topological polar surface area (TPSA) is 95.3 Å². The number of rotatable bonds is 6. The molecule has 2 aromatic carbocycles. The van der Waals surface area contributed by atoms with Gasteiger partial charge in [-0.3, -0.25) is 5.32 Å². The minimum absolute atomic E-state index is 0.271. The summed E-state index contributed by atoms with van der Waals surface area (Å²) < 4.78 is 11.9. The molecule has 138 valence electrons. The first-order chi connectivity index (χ1) is 13.1. The molecule has 1 aromatic heterocycles. The fourth-order valence-corrected chi connectivity index (χ4v) is 2.34. The van der Waals surface area contributed by atoms with E-state index in [2.05, 4.69) is 15.4 Å². The van der Waals surface area contributed by atoms with E-state index in [1.165, 1.54) is 6.33 Å². The normalized spacial score (nSPS) is 10.3. The van der Waals surface area contributed by atoms with Crippen LogP contribution >= 0.6 is 0 Å². The van der Waals surface area contributed by atoms with E-state index >= 15 is 0 Å². The minimum Gasteiger partial charge on any atom is -0.450 e. The van der Waals surface area contributed by atoms with E-state index in [4.69, 9.17) is 9.47 Å². The van der Waals surface area contributed by atoms with Crippen LogP contribution in [0.15, 0.2) is 61.2 Å². The summed E-state index contributed by atoms with van der Waals surface area (Å²) in [5, 5.41) is 6.60. The van der Waals surface area contributed by atoms with Crippen LogP contribution in [0.3, 0.4) is 0 Å². The molecule has 0 saturated carbocycles. The number of nitrogens with one attached hydrogen (secondary N) is 1. The number of hydrogen-bond donors (Lipinski definition) is 1. The Bertz CT molecular complexity index is 908. The van der Waals surface area contributed by atoms with Crippen molar-refractivity contribution >= 4 is 17.7 Å². The highest BCUT2D eigenvalue weighted by molar-refractivity contribution is 5.91. The Balaban J connectivity index is 1.62. The predicted molar refractivity (Wildman–Crippen MR) is 97.6 cm³/mol. The summed E-state index contributed by atoms with van der Waals surface area (Å²) in [4.78, 5) is 27.7. The zero-order valence-corrected chi connectivity index (χ0v) is 14.7. The lowest BCUT2D eigenvalue weighted by molar-refractivity contribution is 0.0735. The van der Waals surface area contributed by atoms with Gasteiger partial charge in [-0.1, -0.05) is 18.2 Å². The average Bonchev–Trinajstić information content (AvgIpc) is 3.16. The number of nitrogens with zero attached hydrogens (tertiary/aromatic N) is 3. The van der Waals surface area contributed by atoms with Gasteiger partial charge in [0, 0.05) is 11.8 Å². The fraction of sp³-hybridized carbons (Fsp3) is 0.158. The van der Waals surface area contributed by atoms with Crippen LogP contribution in [0.1, 0.15) is 22.8 Å². The molecule has 3 rings (SSSR count). The van der Waals surface area contributed by atoms with Gasteiger partial charge >= 0.3 is 12.1 Å². The maximum absolute atomic E-state index is 12.3. The van der Waals surface area contributed by atoms with Gasteiger partial charge in [-0.25, -0.2) is 19.3 Å². The lowest BCUT2D eigenvalue weighted by Crippen LogP contribution is -2.13. The van der Waals surface area contributed by atoms with Crippen LogP contribution in [0.5, 0.6) is 5.75 Å². The first kappa shape index (κ1) is 18.1. The quantitative estimate of drug-likeness (QED) is 0.532. The van der Waals surface area contributed by atoms with Gasteiger partial charge in [0.25, 0.3) is 0 Å². The Morgan fingerprint density at radius 2 is 1.96 bits per heavy atom. The van der Waals surface area contributed by atoms with Gasteiger partial charge in [-0.15, -0.1) is 0 Å². The molecule has 0 spiro atoms. The van der Waals surface area contributed by atoms with E-state index in [0.29, 0.717) is 23.5 Å². The van der Waals surface area contributed by atoms with Crippen molar-refractivity contribution < 1.29 is 19.1 Å². The molecule has 0 saturated heterocycles. The highest BCUT2D eigenvalue weighted by atomic mass is 16.5. The van der Waals surface area contributed by atoms with Crippen molar-refractivity contribution in [3.05, 3.63) is 72.3 Å². The van der Waals surface area contributed by atoms with Crippen molar-refractivity contribution in [3.8, 4) is 5.75 Å². The third-order valence-corrected chi connectivity index (χ3v) is 3.57. The molecule has 1 N–H and O–H groups in total. The molecule has 1 heterocycles. The van der Waals surface area contributed by atoms with Crippen LogP contribution in [0.2, 0.25) is 0 Å². The molecule has 0 unspecified atom stereocenters. The standard InChI is InChI=1S/C19H18N4O4/c1-2-26-19(25)22-16-4-3-5-17(10-16)27-18(24)15-8-6-14(7-9-15)11-23-13-20-12-21-23/h3-10,12-13H,2,11H2,1H3,(H,22,25). The van der Waals surface area contributed by atoms with Gasteiger partial charge in [0.05, 0.1) is 18.7 Å². The molecular weight excluding hydrogens is 348 g/mol. The van der Waals surface area contributed by atoms with Crippen molar-refractivity contribution in [3.63, 3.8) is 0 Å². The maximum atomic E-state index is 12.3. The Hall–Kier alpha value is -3.68. The van der Waals surface area contributed by atoms with E-state index in [0.717, 1.165) is 5.56 Å². The molecule has 0 radical (unpaired) electrons. The van der Waals surface area contributed by atoms with Crippen LogP contribution in [0, 0.1) is 0 Å². The molecule has 0 aliphatic carbocycles. The number of esters is 1. The number of aromatic nitrogens is 3. The molecule has 27 heavy (non-hydrogen) atoms. The van der Waals surface area contributed by atoms with Crippen LogP contribution in [-0.2, 0) is 11.3 Å². The number of carbonyl (C=O) groups excluding carboxylic acids is 2. The number of amides is 1. The lowest BCUT2D eigenvalue weighted by Gasteiger charge is -2.08. The Morgan fingerprint density at radius 1 is 1.15 bits per heavy atom. The molecule has 0 fully saturated rings. The van der Waals surface area contributed by atoms with E-state index in [1.54, 1.807) is 54.3 Å². The minimum atomic E-state index is -0.566. The summed E-state index contributed by atoms with van der Waals surface area (Å²) in [6.45, 7) is 2.55. The van der Waals surface area contributed by atoms with E-state index in [9.17, 15) is 9.59 Å². The van der Waals surface area contributed by atoms with Crippen molar-refractivity contribution in [1.82, 2.24) is 14.8 Å². The zero-order chi connectivity index (χ0) is 19.1. The third kappa shape index (κ3) is 5.15. The Morgan fingerprint density at radius 3 is 2.67 bits per heavy atom. The molecule has 3 aromatic rings. The molecule has 1 amide bonds. The second kappa shape index (κ2) is 8.61. The number of benzene rings is 2. The number of anilines is 1. The van der Waals surface area contributed by atoms with E-state index in [-0.39, 0.29) is 6.61 Å². The van der Waals surface area contributed by atoms with Gasteiger partial charge < -0.3 is 9.47 Å². The Labute approximate surface area is 155 Å². The maximum Gasteiger partial charge on any atom is 0.411 e. The molecule has 0 bridgehead atoms. The zero-order valence-electron chi connectivity index (χ0n) is 14.7. The fourth-order valence-electron chi connectivity index (χ4n) is 2.34. The number of carbonyl (C=O) groups is 2. The van der Waals surface area contributed by atoms with Crippen molar-refractivity contribution in [2.45, 2.75) is 13.5 Å².